The largest absolute Gasteiger partial charge is 0.326 e. The number of allylic oxidation sites excluding steroid dienone is 2. The first kappa shape index (κ1) is 24.9. The molecule has 198 valence electrons. The molecule has 2 aromatic rings. The van der Waals surface area contributed by atoms with Crippen LogP contribution in [0.4, 0.5) is 16.2 Å². The number of ketones is 1. The molecule has 6 heteroatoms. The number of nitrogens with one attached hydrogen (secondary N) is 2. The Hall–Kier alpha value is -3.41. The molecule has 38 heavy (non-hydrogen) atoms. The van der Waals surface area contributed by atoms with E-state index in [1.165, 1.54) is 0 Å². The van der Waals surface area contributed by atoms with Crippen molar-refractivity contribution in [3.63, 3.8) is 0 Å². The van der Waals surface area contributed by atoms with Gasteiger partial charge in [-0.25, -0.2) is 4.79 Å². The van der Waals surface area contributed by atoms with Crippen molar-refractivity contribution in [2.45, 2.75) is 52.4 Å². The molecule has 0 spiro atoms. The fourth-order valence-electron chi connectivity index (χ4n) is 8.39. The highest BCUT2D eigenvalue weighted by atomic mass is 16.2. The van der Waals surface area contributed by atoms with Gasteiger partial charge < -0.3 is 10.6 Å². The van der Waals surface area contributed by atoms with E-state index in [1.54, 1.807) is 6.08 Å². The molecule has 1 aliphatic heterocycles. The van der Waals surface area contributed by atoms with Crippen LogP contribution < -0.4 is 10.6 Å². The van der Waals surface area contributed by atoms with Gasteiger partial charge in [0.25, 0.3) is 0 Å². The number of carbonyl (C=O) groups is 3. The molecule has 2 aromatic carbocycles. The van der Waals surface area contributed by atoms with Crippen LogP contribution in [0.25, 0.3) is 0 Å². The second kappa shape index (κ2) is 9.40. The predicted molar refractivity (Wildman–Crippen MR) is 148 cm³/mol. The highest BCUT2D eigenvalue weighted by Gasteiger charge is 2.62. The standard InChI is InChI=1S/C32H37N3O3/c1-31-18-16-26-24(25(31)13-14-27(31)29(37)33-21-9-5-3-6-10-21)20-35(28-19-23(36)15-17-32(26,28)2)30(38)34-22-11-7-4-8-12-22/h3-12,19,24-27H,13-18,20H2,1-2H3,(H,33,37)(H,34,38)/t24-,25-,26-,27+,31-,32+/m0/s1. The van der Waals surface area contributed by atoms with Crippen LogP contribution in [0, 0.1) is 34.5 Å². The van der Waals surface area contributed by atoms with Crippen molar-refractivity contribution in [2.75, 3.05) is 17.2 Å². The van der Waals surface area contributed by atoms with E-state index in [2.05, 4.69) is 24.5 Å². The van der Waals surface area contributed by atoms with Crippen LogP contribution in [-0.4, -0.2) is 29.2 Å². The number of amides is 3. The minimum absolute atomic E-state index is 0.0436. The molecule has 0 aromatic heterocycles. The van der Waals surface area contributed by atoms with Crippen molar-refractivity contribution in [1.29, 1.82) is 0 Å². The van der Waals surface area contributed by atoms with Crippen LogP contribution in [0.2, 0.25) is 0 Å². The number of nitrogens with zero attached hydrogens (tertiary/aromatic N) is 1. The summed E-state index contributed by atoms with van der Waals surface area (Å²) in [5, 5.41) is 6.23. The number of hydrogen-bond donors (Lipinski definition) is 2. The minimum Gasteiger partial charge on any atom is -0.326 e. The number of carbonyl (C=O) groups excluding carboxylic acids is 3. The van der Waals surface area contributed by atoms with Gasteiger partial charge in [-0.1, -0.05) is 50.2 Å². The molecule has 1 heterocycles. The van der Waals surface area contributed by atoms with Crippen molar-refractivity contribution >= 4 is 29.1 Å². The molecule has 3 aliphatic carbocycles. The van der Waals surface area contributed by atoms with Crippen molar-refractivity contribution < 1.29 is 14.4 Å². The number of anilines is 2. The van der Waals surface area contributed by atoms with Crippen molar-refractivity contribution in [3.05, 3.63) is 72.4 Å². The molecule has 0 bridgehead atoms. The lowest BCUT2D eigenvalue weighted by atomic mass is 9.49. The fraction of sp³-hybridized carbons (Fsp3) is 0.469. The third-order valence-corrected chi connectivity index (χ3v) is 10.3. The van der Waals surface area contributed by atoms with Crippen LogP contribution in [0.3, 0.4) is 0 Å². The van der Waals surface area contributed by atoms with Gasteiger partial charge in [-0.15, -0.1) is 0 Å². The highest BCUT2D eigenvalue weighted by Crippen LogP contribution is 2.65. The Balaban J connectivity index is 1.30. The summed E-state index contributed by atoms with van der Waals surface area (Å²) in [6.07, 6.45) is 6.92. The second-order valence-electron chi connectivity index (χ2n) is 12.2. The molecule has 1 saturated heterocycles. The van der Waals surface area contributed by atoms with Crippen LogP contribution in [0.5, 0.6) is 0 Å². The zero-order valence-electron chi connectivity index (χ0n) is 22.3. The molecule has 6 atom stereocenters. The minimum atomic E-state index is -0.226. The number of hydrogen-bond acceptors (Lipinski definition) is 3. The first-order valence-corrected chi connectivity index (χ1v) is 14.0. The summed E-state index contributed by atoms with van der Waals surface area (Å²) in [6, 6.07) is 19.0. The van der Waals surface area contributed by atoms with E-state index in [1.807, 2.05) is 65.6 Å². The first-order chi connectivity index (χ1) is 18.3. The molecule has 0 radical (unpaired) electrons. The van der Waals surface area contributed by atoms with E-state index in [9.17, 15) is 14.4 Å². The van der Waals surface area contributed by atoms with Gasteiger partial charge in [0.05, 0.1) is 0 Å². The van der Waals surface area contributed by atoms with Crippen LogP contribution in [0.15, 0.2) is 72.4 Å². The Bertz CT molecular complexity index is 1280. The maximum absolute atomic E-state index is 13.7. The molecule has 3 amide bonds. The molecule has 4 aliphatic rings. The third-order valence-electron chi connectivity index (χ3n) is 10.3. The Kier molecular flexibility index (Phi) is 6.16. The maximum atomic E-state index is 13.7. The Morgan fingerprint density at radius 2 is 1.50 bits per heavy atom. The first-order valence-electron chi connectivity index (χ1n) is 14.0. The lowest BCUT2D eigenvalue weighted by Crippen LogP contribution is -2.59. The number of urea groups is 1. The van der Waals surface area contributed by atoms with Gasteiger partial charge in [0.1, 0.15) is 0 Å². The van der Waals surface area contributed by atoms with Gasteiger partial charge in [0, 0.05) is 47.4 Å². The fourth-order valence-corrected chi connectivity index (χ4v) is 8.39. The van der Waals surface area contributed by atoms with Crippen LogP contribution in [-0.2, 0) is 9.59 Å². The molecule has 0 unspecified atom stereocenters. The number of para-hydroxylation sites is 2. The summed E-state index contributed by atoms with van der Waals surface area (Å²) in [7, 11) is 0. The van der Waals surface area contributed by atoms with Crippen LogP contribution in [0.1, 0.15) is 52.4 Å². The highest BCUT2D eigenvalue weighted by molar-refractivity contribution is 5.95. The number of piperidine rings is 1. The summed E-state index contributed by atoms with van der Waals surface area (Å²) in [6.45, 7) is 5.16. The smallest absolute Gasteiger partial charge is 0.326 e. The lowest BCUT2D eigenvalue weighted by Gasteiger charge is -2.60. The summed E-state index contributed by atoms with van der Waals surface area (Å²) in [5.41, 5.74) is 2.13. The van der Waals surface area contributed by atoms with Crippen molar-refractivity contribution in [3.8, 4) is 0 Å². The molecule has 3 fully saturated rings. The van der Waals surface area contributed by atoms with Crippen molar-refractivity contribution in [1.82, 2.24) is 4.90 Å². The Morgan fingerprint density at radius 1 is 0.842 bits per heavy atom. The molecule has 6 nitrogen and oxygen atoms in total. The van der Waals surface area contributed by atoms with Gasteiger partial charge in [0.15, 0.2) is 5.78 Å². The molecule has 2 N–H and O–H groups in total. The average molecular weight is 512 g/mol. The second-order valence-corrected chi connectivity index (χ2v) is 12.2. The van der Waals surface area contributed by atoms with Gasteiger partial charge in [-0.05, 0) is 79.5 Å². The van der Waals surface area contributed by atoms with E-state index in [4.69, 9.17) is 0 Å². The molecular weight excluding hydrogens is 474 g/mol. The van der Waals surface area contributed by atoms with E-state index in [0.29, 0.717) is 30.7 Å². The Labute approximate surface area is 224 Å². The van der Waals surface area contributed by atoms with Gasteiger partial charge >= 0.3 is 6.03 Å². The zero-order chi connectivity index (χ0) is 26.5. The number of likely N-dealkylation sites (tertiary alicyclic amines) is 1. The van der Waals surface area contributed by atoms with Crippen LogP contribution >= 0.6 is 0 Å². The number of benzene rings is 2. The van der Waals surface area contributed by atoms with E-state index in [0.717, 1.165) is 49.2 Å². The van der Waals surface area contributed by atoms with Gasteiger partial charge in [0.2, 0.25) is 5.91 Å². The number of fused-ring (bicyclic) bond motifs is 5. The van der Waals surface area contributed by atoms with Crippen molar-refractivity contribution in [2.24, 2.45) is 34.5 Å². The molecule has 6 rings (SSSR count). The zero-order valence-corrected chi connectivity index (χ0v) is 22.3. The van der Waals surface area contributed by atoms with Gasteiger partial charge in [-0.3, -0.25) is 14.5 Å². The monoisotopic (exact) mass is 511 g/mol. The third kappa shape index (κ3) is 4.05. The summed E-state index contributed by atoms with van der Waals surface area (Å²) >= 11 is 0. The summed E-state index contributed by atoms with van der Waals surface area (Å²) in [4.78, 5) is 41.6. The predicted octanol–water partition coefficient (Wildman–Crippen LogP) is 6.48. The number of rotatable bonds is 3. The summed E-state index contributed by atoms with van der Waals surface area (Å²) < 4.78 is 0. The Morgan fingerprint density at radius 3 is 2.18 bits per heavy atom. The SMILES string of the molecule is C[C@]12CC[C@H]3[C@@H](CN(C(=O)Nc4ccccc4)C4=CC(=O)CC[C@@]43C)[C@@H]1CC[C@@H]2C(=O)Nc1ccccc1. The molecule has 2 saturated carbocycles. The van der Waals surface area contributed by atoms with Gasteiger partial charge in [-0.2, -0.15) is 0 Å². The van der Waals surface area contributed by atoms with E-state index >= 15 is 0 Å². The summed E-state index contributed by atoms with van der Waals surface area (Å²) in [5.74, 6) is 1.22. The maximum Gasteiger partial charge on any atom is 0.326 e. The van der Waals surface area contributed by atoms with E-state index < -0.39 is 0 Å². The molecular formula is C32H37N3O3. The normalized spacial score (nSPS) is 33.9. The van der Waals surface area contributed by atoms with E-state index in [-0.39, 0.29) is 34.5 Å². The quantitative estimate of drug-likeness (QED) is 0.495. The average Bonchev–Trinajstić information content (AvgIpc) is 3.27. The lowest BCUT2D eigenvalue weighted by molar-refractivity contribution is -0.129. The topological polar surface area (TPSA) is 78.5 Å².